The second-order valence-electron chi connectivity index (χ2n) is 8.46. The van der Waals surface area contributed by atoms with E-state index in [-0.39, 0.29) is 5.91 Å². The molecule has 2 aromatic carbocycles. The standard InChI is InChI=1S/C25H23N3O3/c1-27-13-18(12-26-27)15-3-6-20-21(14-31-22(20)10-15)17-9-16-7-8-28(19-4-5-19)25(29)24(16)23(11-17)30-2/h3,6,9-14,19H,4-5,7-8H2,1-2H3. The summed E-state index contributed by atoms with van der Waals surface area (Å²) in [5.74, 6) is 0.745. The number of nitrogens with zero attached hydrogens (tertiary/aromatic N) is 3. The van der Waals surface area contributed by atoms with Crippen LogP contribution in [-0.4, -0.2) is 40.3 Å². The van der Waals surface area contributed by atoms with E-state index in [1.54, 1.807) is 18.1 Å². The molecule has 1 aliphatic heterocycles. The molecule has 2 aromatic heterocycles. The number of hydrogen-bond acceptors (Lipinski definition) is 4. The fourth-order valence-corrected chi connectivity index (χ4v) is 4.65. The number of ether oxygens (including phenoxy) is 1. The summed E-state index contributed by atoms with van der Waals surface area (Å²) in [5.41, 5.74) is 6.73. The molecule has 0 saturated heterocycles. The van der Waals surface area contributed by atoms with Crippen LogP contribution < -0.4 is 4.74 Å². The fraction of sp³-hybridized carbons (Fsp3) is 0.280. The van der Waals surface area contributed by atoms with E-state index in [1.165, 1.54) is 0 Å². The summed E-state index contributed by atoms with van der Waals surface area (Å²) in [6, 6.07) is 10.7. The average Bonchev–Trinajstić information content (AvgIpc) is 3.38. The van der Waals surface area contributed by atoms with Gasteiger partial charge in [0.25, 0.3) is 5.91 Å². The molecule has 0 bridgehead atoms. The third kappa shape index (κ3) is 2.93. The summed E-state index contributed by atoms with van der Waals surface area (Å²) in [6.07, 6.45) is 8.71. The van der Waals surface area contributed by atoms with Crippen molar-refractivity contribution >= 4 is 16.9 Å². The van der Waals surface area contributed by atoms with Gasteiger partial charge in [-0.05, 0) is 60.2 Å². The van der Waals surface area contributed by atoms with Crippen LogP contribution in [0.3, 0.4) is 0 Å². The molecule has 3 heterocycles. The summed E-state index contributed by atoms with van der Waals surface area (Å²) in [6.45, 7) is 0.781. The third-order valence-electron chi connectivity index (χ3n) is 6.41. The lowest BCUT2D eigenvalue weighted by Gasteiger charge is -2.30. The summed E-state index contributed by atoms with van der Waals surface area (Å²) in [7, 11) is 3.54. The van der Waals surface area contributed by atoms with Gasteiger partial charge in [-0.15, -0.1) is 0 Å². The Morgan fingerprint density at radius 3 is 2.74 bits per heavy atom. The average molecular weight is 413 g/mol. The highest BCUT2D eigenvalue weighted by atomic mass is 16.5. The number of methoxy groups -OCH3 is 1. The first-order valence-corrected chi connectivity index (χ1v) is 10.6. The Morgan fingerprint density at radius 2 is 2.00 bits per heavy atom. The largest absolute Gasteiger partial charge is 0.496 e. The smallest absolute Gasteiger partial charge is 0.258 e. The number of aryl methyl sites for hydroxylation is 1. The second kappa shape index (κ2) is 6.74. The molecule has 4 aromatic rings. The van der Waals surface area contributed by atoms with Gasteiger partial charge in [-0.1, -0.05) is 6.07 Å². The van der Waals surface area contributed by atoms with Gasteiger partial charge < -0.3 is 14.1 Å². The van der Waals surface area contributed by atoms with Gasteiger partial charge in [-0.3, -0.25) is 9.48 Å². The number of amides is 1. The molecule has 6 heteroatoms. The number of aromatic nitrogens is 2. The summed E-state index contributed by atoms with van der Waals surface area (Å²) < 4.78 is 13.4. The minimum absolute atomic E-state index is 0.102. The van der Waals surface area contributed by atoms with Crippen LogP contribution in [0.1, 0.15) is 28.8 Å². The van der Waals surface area contributed by atoms with Crippen LogP contribution in [0.4, 0.5) is 0 Å². The number of furan rings is 1. The highest BCUT2D eigenvalue weighted by molar-refractivity contribution is 6.02. The Balaban J connectivity index is 1.42. The van der Waals surface area contributed by atoms with Crippen LogP contribution in [0.15, 0.2) is 53.4 Å². The van der Waals surface area contributed by atoms with Gasteiger partial charge in [0.15, 0.2) is 0 Å². The third-order valence-corrected chi connectivity index (χ3v) is 6.41. The lowest BCUT2D eigenvalue weighted by atomic mass is 9.92. The van der Waals surface area contributed by atoms with Crippen molar-refractivity contribution in [1.29, 1.82) is 0 Å². The predicted molar refractivity (Wildman–Crippen MR) is 118 cm³/mol. The summed E-state index contributed by atoms with van der Waals surface area (Å²) >= 11 is 0. The lowest BCUT2D eigenvalue weighted by Crippen LogP contribution is -2.39. The molecule has 1 fully saturated rings. The van der Waals surface area contributed by atoms with Crippen LogP contribution in [0.2, 0.25) is 0 Å². The van der Waals surface area contributed by atoms with Gasteiger partial charge in [0.05, 0.1) is 25.1 Å². The van der Waals surface area contributed by atoms with Crippen molar-refractivity contribution in [3.05, 3.63) is 60.1 Å². The number of benzene rings is 2. The number of carbonyl (C=O) groups excluding carboxylic acids is 1. The van der Waals surface area contributed by atoms with Gasteiger partial charge in [0, 0.05) is 42.3 Å². The molecule has 156 valence electrons. The number of hydrogen-bond donors (Lipinski definition) is 0. The molecule has 1 aliphatic carbocycles. The van der Waals surface area contributed by atoms with Crippen molar-refractivity contribution in [2.24, 2.45) is 7.05 Å². The quantitative estimate of drug-likeness (QED) is 0.488. The maximum atomic E-state index is 13.1. The first kappa shape index (κ1) is 18.2. The minimum Gasteiger partial charge on any atom is -0.496 e. The molecule has 0 spiro atoms. The molecule has 6 nitrogen and oxygen atoms in total. The van der Waals surface area contributed by atoms with E-state index in [0.717, 1.165) is 70.2 Å². The van der Waals surface area contributed by atoms with E-state index in [0.29, 0.717) is 11.8 Å². The van der Waals surface area contributed by atoms with Crippen molar-refractivity contribution in [3.8, 4) is 28.0 Å². The Bertz CT molecular complexity index is 1310. The van der Waals surface area contributed by atoms with Crippen LogP contribution in [0.5, 0.6) is 5.75 Å². The zero-order chi connectivity index (χ0) is 21.1. The first-order chi connectivity index (χ1) is 15.1. The van der Waals surface area contributed by atoms with Crippen LogP contribution in [0.25, 0.3) is 33.2 Å². The van der Waals surface area contributed by atoms with Gasteiger partial charge in [-0.2, -0.15) is 5.10 Å². The van der Waals surface area contributed by atoms with Crippen molar-refractivity contribution in [2.75, 3.05) is 13.7 Å². The predicted octanol–water partition coefficient (Wildman–Crippen LogP) is 4.67. The van der Waals surface area contributed by atoms with Gasteiger partial charge in [-0.25, -0.2) is 0 Å². The molecule has 0 unspecified atom stereocenters. The van der Waals surface area contributed by atoms with E-state index < -0.39 is 0 Å². The molecule has 1 amide bonds. The molecule has 2 aliphatic rings. The number of carbonyl (C=O) groups is 1. The highest BCUT2D eigenvalue weighted by Crippen LogP contribution is 2.40. The fourth-order valence-electron chi connectivity index (χ4n) is 4.65. The van der Waals surface area contributed by atoms with Crippen molar-refractivity contribution in [1.82, 2.24) is 14.7 Å². The number of rotatable bonds is 4. The molecule has 0 N–H and O–H groups in total. The van der Waals surface area contributed by atoms with Gasteiger partial charge >= 0.3 is 0 Å². The topological polar surface area (TPSA) is 60.5 Å². The first-order valence-electron chi connectivity index (χ1n) is 10.6. The molecule has 6 rings (SSSR count). The van der Waals surface area contributed by atoms with Crippen molar-refractivity contribution in [2.45, 2.75) is 25.3 Å². The normalized spacial score (nSPS) is 16.1. The summed E-state index contributed by atoms with van der Waals surface area (Å²) in [4.78, 5) is 15.1. The number of fused-ring (bicyclic) bond motifs is 2. The minimum atomic E-state index is 0.102. The van der Waals surface area contributed by atoms with E-state index in [9.17, 15) is 4.79 Å². The van der Waals surface area contributed by atoms with Crippen molar-refractivity contribution < 1.29 is 13.9 Å². The van der Waals surface area contributed by atoms with Crippen LogP contribution in [0, 0.1) is 0 Å². The van der Waals surface area contributed by atoms with Crippen LogP contribution in [-0.2, 0) is 13.5 Å². The Morgan fingerprint density at radius 1 is 1.13 bits per heavy atom. The van der Waals surface area contributed by atoms with E-state index in [1.807, 2.05) is 36.5 Å². The lowest BCUT2D eigenvalue weighted by molar-refractivity contribution is 0.0723. The molecule has 31 heavy (non-hydrogen) atoms. The Labute approximate surface area is 180 Å². The molecule has 0 radical (unpaired) electrons. The zero-order valence-electron chi connectivity index (χ0n) is 17.6. The monoisotopic (exact) mass is 413 g/mol. The Hall–Kier alpha value is -3.54. The van der Waals surface area contributed by atoms with Gasteiger partial charge in [0.1, 0.15) is 11.3 Å². The zero-order valence-corrected chi connectivity index (χ0v) is 17.6. The molecule has 1 saturated carbocycles. The van der Waals surface area contributed by atoms with E-state index in [2.05, 4.69) is 23.3 Å². The molecular weight excluding hydrogens is 390 g/mol. The molecular formula is C25H23N3O3. The molecule has 0 atom stereocenters. The SMILES string of the molecule is COc1cc(-c2coc3cc(-c4cnn(C)c4)ccc23)cc2c1C(=O)N(C1CC1)CC2. The maximum Gasteiger partial charge on any atom is 0.258 e. The van der Waals surface area contributed by atoms with Crippen LogP contribution >= 0.6 is 0 Å². The van der Waals surface area contributed by atoms with E-state index in [4.69, 9.17) is 9.15 Å². The van der Waals surface area contributed by atoms with Crippen molar-refractivity contribution in [3.63, 3.8) is 0 Å². The maximum absolute atomic E-state index is 13.1. The van der Waals surface area contributed by atoms with E-state index >= 15 is 0 Å². The summed E-state index contributed by atoms with van der Waals surface area (Å²) in [5, 5.41) is 5.29. The van der Waals surface area contributed by atoms with Gasteiger partial charge in [0.2, 0.25) is 0 Å². The second-order valence-corrected chi connectivity index (χ2v) is 8.46. The highest BCUT2D eigenvalue weighted by Gasteiger charge is 2.37. The Kier molecular flexibility index (Phi) is 3.96.